The normalized spacial score (nSPS) is 11.5. The number of hydrogen-bond acceptors (Lipinski definition) is 7. The van der Waals surface area contributed by atoms with Crippen molar-refractivity contribution in [1.82, 2.24) is 20.0 Å². The van der Waals surface area contributed by atoms with Gasteiger partial charge < -0.3 is 16.2 Å². The number of rotatable bonds is 7. The maximum atomic E-state index is 14.8. The van der Waals surface area contributed by atoms with Crippen LogP contribution in [0.25, 0.3) is 10.4 Å². The highest BCUT2D eigenvalue weighted by Crippen LogP contribution is 2.40. The van der Waals surface area contributed by atoms with E-state index in [0.717, 1.165) is 29.0 Å². The van der Waals surface area contributed by atoms with Crippen molar-refractivity contribution >= 4 is 28.1 Å². The third kappa shape index (κ3) is 4.89. The zero-order valence-corrected chi connectivity index (χ0v) is 18.5. The number of nitrogens with zero attached hydrogens (tertiary/aromatic N) is 4. The number of hydrogen-bond donors (Lipinski definition) is 3. The number of carbonyl (C=O) groups is 1. The standard InChI is InChI=1S/C22H20F2N6O2S/c1-22(2,32)13-7-15(23)19(16(24)8-13)17-9-14(20(25)31)21(33-17)29-18-4-3-12(10-26-18)11-30-27-5-6-28-30/h3-10,32H,11H2,1-2H3,(H2,25,31)(H,26,29). The maximum absolute atomic E-state index is 14.8. The average Bonchev–Trinajstić information content (AvgIpc) is 3.38. The van der Waals surface area contributed by atoms with E-state index >= 15 is 0 Å². The first-order chi connectivity index (χ1) is 15.6. The van der Waals surface area contributed by atoms with Gasteiger partial charge in [-0.1, -0.05) is 6.07 Å². The SMILES string of the molecule is CC(C)(O)c1cc(F)c(-c2cc(C(N)=O)c(Nc3ccc(Cn4nccn4)cn3)s2)c(F)c1. The van der Waals surface area contributed by atoms with Gasteiger partial charge in [0.15, 0.2) is 0 Å². The molecule has 0 bridgehead atoms. The van der Waals surface area contributed by atoms with E-state index < -0.39 is 23.1 Å². The fourth-order valence-electron chi connectivity index (χ4n) is 3.15. The molecule has 4 N–H and O–H groups in total. The third-order valence-corrected chi connectivity index (χ3v) is 5.92. The van der Waals surface area contributed by atoms with Gasteiger partial charge in [-0.15, -0.1) is 11.3 Å². The monoisotopic (exact) mass is 470 g/mol. The Kier molecular flexibility index (Phi) is 5.91. The fraction of sp³-hybridized carbons (Fsp3) is 0.182. The second kappa shape index (κ2) is 8.68. The molecule has 0 radical (unpaired) electrons. The number of pyridine rings is 1. The highest BCUT2D eigenvalue weighted by Gasteiger charge is 2.24. The number of thiophene rings is 1. The highest BCUT2D eigenvalue weighted by molar-refractivity contribution is 7.20. The molecule has 0 aliphatic rings. The molecular formula is C22H20F2N6O2S. The minimum absolute atomic E-state index is 0.0759. The van der Waals surface area contributed by atoms with E-state index in [1.54, 1.807) is 24.7 Å². The Morgan fingerprint density at radius 3 is 2.39 bits per heavy atom. The molecule has 1 amide bonds. The summed E-state index contributed by atoms with van der Waals surface area (Å²) in [5.74, 6) is -2.05. The predicted molar refractivity (Wildman–Crippen MR) is 120 cm³/mol. The van der Waals surface area contributed by atoms with Gasteiger partial charge in [-0.05, 0) is 49.2 Å². The summed E-state index contributed by atoms with van der Waals surface area (Å²) in [6, 6.07) is 6.99. The summed E-state index contributed by atoms with van der Waals surface area (Å²) in [6.07, 6.45) is 4.78. The lowest BCUT2D eigenvalue weighted by molar-refractivity contribution is 0.0778. The van der Waals surface area contributed by atoms with Gasteiger partial charge in [-0.2, -0.15) is 15.0 Å². The second-order valence-electron chi connectivity index (χ2n) is 7.83. The molecular weight excluding hydrogens is 450 g/mol. The molecule has 0 saturated heterocycles. The lowest BCUT2D eigenvalue weighted by Crippen LogP contribution is -2.16. The number of aliphatic hydroxyl groups is 1. The summed E-state index contributed by atoms with van der Waals surface area (Å²) in [5, 5.41) is 21.4. The first-order valence-electron chi connectivity index (χ1n) is 9.84. The average molecular weight is 471 g/mol. The zero-order chi connectivity index (χ0) is 23.8. The molecule has 11 heteroatoms. The number of primary amides is 1. The molecule has 170 valence electrons. The minimum atomic E-state index is -1.41. The van der Waals surface area contributed by atoms with Crippen LogP contribution in [0.3, 0.4) is 0 Å². The Bertz CT molecular complexity index is 1270. The summed E-state index contributed by atoms with van der Waals surface area (Å²) in [6.45, 7) is 3.31. The van der Waals surface area contributed by atoms with Crippen LogP contribution in [0.1, 0.15) is 35.3 Å². The van der Waals surface area contributed by atoms with Crippen LogP contribution in [0, 0.1) is 11.6 Å². The summed E-state index contributed by atoms with van der Waals surface area (Å²) in [5.41, 5.74) is 4.80. The van der Waals surface area contributed by atoms with Gasteiger partial charge in [-0.25, -0.2) is 13.8 Å². The van der Waals surface area contributed by atoms with Crippen LogP contribution in [-0.2, 0) is 12.1 Å². The number of benzene rings is 1. The molecule has 4 rings (SSSR count). The molecule has 0 saturated carbocycles. The molecule has 0 atom stereocenters. The van der Waals surface area contributed by atoms with Gasteiger partial charge in [0.25, 0.3) is 5.91 Å². The van der Waals surface area contributed by atoms with Crippen molar-refractivity contribution in [3.8, 4) is 10.4 Å². The van der Waals surface area contributed by atoms with Gasteiger partial charge in [-0.3, -0.25) is 4.79 Å². The van der Waals surface area contributed by atoms with Crippen molar-refractivity contribution < 1.29 is 18.7 Å². The zero-order valence-electron chi connectivity index (χ0n) is 17.7. The van der Waals surface area contributed by atoms with Crippen LogP contribution in [0.2, 0.25) is 0 Å². The molecule has 3 heterocycles. The Balaban J connectivity index is 1.63. The van der Waals surface area contributed by atoms with Crippen molar-refractivity contribution in [1.29, 1.82) is 0 Å². The molecule has 0 fully saturated rings. The van der Waals surface area contributed by atoms with E-state index in [1.165, 1.54) is 24.7 Å². The highest BCUT2D eigenvalue weighted by atomic mass is 32.1. The van der Waals surface area contributed by atoms with Gasteiger partial charge >= 0.3 is 0 Å². The number of anilines is 2. The molecule has 3 aromatic heterocycles. The van der Waals surface area contributed by atoms with Crippen LogP contribution >= 0.6 is 11.3 Å². The van der Waals surface area contributed by atoms with Crippen LogP contribution in [0.5, 0.6) is 0 Å². The molecule has 0 spiro atoms. The quantitative estimate of drug-likeness (QED) is 0.378. The molecule has 33 heavy (non-hydrogen) atoms. The minimum Gasteiger partial charge on any atom is -0.386 e. The molecule has 0 aliphatic carbocycles. The number of carbonyl (C=O) groups excluding carboxylic acids is 1. The lowest BCUT2D eigenvalue weighted by Gasteiger charge is -2.18. The van der Waals surface area contributed by atoms with Crippen molar-refractivity contribution in [2.45, 2.75) is 26.0 Å². The predicted octanol–water partition coefficient (Wildman–Crippen LogP) is 3.80. The number of aromatic nitrogens is 4. The summed E-state index contributed by atoms with van der Waals surface area (Å²) >= 11 is 0.967. The van der Waals surface area contributed by atoms with Gasteiger partial charge in [0.1, 0.15) is 22.5 Å². The van der Waals surface area contributed by atoms with Crippen LogP contribution < -0.4 is 11.1 Å². The van der Waals surface area contributed by atoms with Gasteiger partial charge in [0.05, 0.1) is 35.7 Å². The van der Waals surface area contributed by atoms with E-state index in [1.807, 2.05) is 6.07 Å². The fourth-order valence-corrected chi connectivity index (χ4v) is 4.27. The van der Waals surface area contributed by atoms with Crippen molar-refractivity contribution in [3.05, 3.63) is 77.2 Å². The molecule has 4 aromatic rings. The topological polar surface area (TPSA) is 119 Å². The van der Waals surface area contributed by atoms with E-state index in [4.69, 9.17) is 5.73 Å². The second-order valence-corrected chi connectivity index (χ2v) is 8.88. The number of halogens is 2. The molecule has 0 aliphatic heterocycles. The smallest absolute Gasteiger partial charge is 0.251 e. The molecule has 8 nitrogen and oxygen atoms in total. The summed E-state index contributed by atoms with van der Waals surface area (Å²) < 4.78 is 29.6. The van der Waals surface area contributed by atoms with E-state index in [2.05, 4.69) is 20.5 Å². The van der Waals surface area contributed by atoms with E-state index in [0.29, 0.717) is 17.4 Å². The van der Waals surface area contributed by atoms with Crippen molar-refractivity contribution in [3.63, 3.8) is 0 Å². The van der Waals surface area contributed by atoms with Crippen LogP contribution in [-0.4, -0.2) is 31.0 Å². The first kappa shape index (κ1) is 22.5. The number of amides is 1. The number of nitrogens with two attached hydrogens (primary N) is 1. The first-order valence-corrected chi connectivity index (χ1v) is 10.7. The van der Waals surface area contributed by atoms with Crippen LogP contribution in [0.15, 0.2) is 48.9 Å². The van der Waals surface area contributed by atoms with Gasteiger partial charge in [0, 0.05) is 11.1 Å². The largest absolute Gasteiger partial charge is 0.386 e. The van der Waals surface area contributed by atoms with E-state index in [-0.39, 0.29) is 21.6 Å². The van der Waals surface area contributed by atoms with Crippen molar-refractivity contribution in [2.75, 3.05) is 5.32 Å². The third-order valence-electron chi connectivity index (χ3n) is 4.85. The van der Waals surface area contributed by atoms with Crippen LogP contribution in [0.4, 0.5) is 19.6 Å². The number of nitrogens with one attached hydrogen (secondary N) is 1. The lowest BCUT2D eigenvalue weighted by atomic mass is 9.96. The molecule has 0 unspecified atom stereocenters. The Hall–Kier alpha value is -3.70. The Morgan fingerprint density at radius 1 is 1.18 bits per heavy atom. The maximum Gasteiger partial charge on any atom is 0.251 e. The Morgan fingerprint density at radius 2 is 1.85 bits per heavy atom. The summed E-state index contributed by atoms with van der Waals surface area (Å²) in [7, 11) is 0. The Labute approximate surface area is 191 Å². The van der Waals surface area contributed by atoms with Crippen molar-refractivity contribution in [2.24, 2.45) is 5.73 Å². The van der Waals surface area contributed by atoms with Gasteiger partial charge in [0.2, 0.25) is 0 Å². The molecule has 1 aromatic carbocycles. The summed E-state index contributed by atoms with van der Waals surface area (Å²) in [4.78, 5) is 18.0. The van der Waals surface area contributed by atoms with E-state index in [9.17, 15) is 18.7 Å².